The maximum absolute atomic E-state index is 11.6. The molecule has 2 aliphatic heterocycles. The van der Waals surface area contributed by atoms with Crippen LogP contribution in [0.15, 0.2) is 18.2 Å². The van der Waals surface area contributed by atoms with Gasteiger partial charge in [0.15, 0.2) is 0 Å². The molecular weight excluding hydrogens is 252 g/mol. The van der Waals surface area contributed by atoms with Gasteiger partial charge in [0.1, 0.15) is 0 Å². The first-order valence-electron chi connectivity index (χ1n) is 7.50. The summed E-state index contributed by atoms with van der Waals surface area (Å²) in [4.78, 5) is 11.6. The van der Waals surface area contributed by atoms with Crippen LogP contribution in [0.1, 0.15) is 42.9 Å². The lowest BCUT2D eigenvalue weighted by atomic mass is 9.88. The van der Waals surface area contributed by atoms with Crippen LogP contribution in [0.25, 0.3) is 0 Å². The Bertz CT molecular complexity index is 495. The second-order valence-corrected chi connectivity index (χ2v) is 5.82. The molecular formula is C16H22N2O2. The maximum Gasteiger partial charge on any atom is 0.224 e. The standard InChI is InChI=1S/C16H22N2O2/c17-16(13-4-2-8-20-10-13)12-6-7-14-11(9-12)3-1-5-15(19)18-14/h6-7,9,13,16H,1-5,8,10,17H2,(H,18,19). The molecule has 1 amide bonds. The Kier molecular flexibility index (Phi) is 4.03. The van der Waals surface area contributed by atoms with Gasteiger partial charge >= 0.3 is 0 Å². The Labute approximate surface area is 119 Å². The predicted octanol–water partition coefficient (Wildman–Crippen LogP) is 2.39. The Morgan fingerprint density at radius 1 is 1.30 bits per heavy atom. The Balaban J connectivity index is 1.80. The average molecular weight is 274 g/mol. The lowest BCUT2D eigenvalue weighted by Crippen LogP contribution is -2.29. The zero-order valence-corrected chi connectivity index (χ0v) is 11.7. The molecule has 1 aromatic rings. The molecule has 0 radical (unpaired) electrons. The lowest BCUT2D eigenvalue weighted by molar-refractivity contribution is -0.116. The molecule has 1 saturated heterocycles. The molecule has 2 atom stereocenters. The van der Waals surface area contributed by atoms with E-state index >= 15 is 0 Å². The lowest BCUT2D eigenvalue weighted by Gasteiger charge is -2.28. The van der Waals surface area contributed by atoms with E-state index in [-0.39, 0.29) is 11.9 Å². The Morgan fingerprint density at radius 3 is 3.00 bits per heavy atom. The van der Waals surface area contributed by atoms with Gasteiger partial charge in [0, 0.05) is 30.7 Å². The Hall–Kier alpha value is -1.39. The monoisotopic (exact) mass is 274 g/mol. The quantitative estimate of drug-likeness (QED) is 0.870. The van der Waals surface area contributed by atoms with E-state index in [4.69, 9.17) is 10.5 Å². The third-order valence-electron chi connectivity index (χ3n) is 4.34. The number of hydrogen-bond acceptors (Lipinski definition) is 3. The molecule has 108 valence electrons. The van der Waals surface area contributed by atoms with E-state index in [2.05, 4.69) is 11.4 Å². The number of hydrogen-bond donors (Lipinski definition) is 2. The highest BCUT2D eigenvalue weighted by Crippen LogP contribution is 2.30. The summed E-state index contributed by atoms with van der Waals surface area (Å²) in [7, 11) is 0. The summed E-state index contributed by atoms with van der Waals surface area (Å²) in [5, 5.41) is 2.96. The molecule has 0 aromatic heterocycles. The minimum Gasteiger partial charge on any atom is -0.381 e. The highest BCUT2D eigenvalue weighted by atomic mass is 16.5. The summed E-state index contributed by atoms with van der Waals surface area (Å²) in [6.07, 6.45) is 4.68. The number of anilines is 1. The largest absolute Gasteiger partial charge is 0.381 e. The van der Waals surface area contributed by atoms with E-state index in [1.807, 2.05) is 12.1 Å². The SMILES string of the molecule is NC(c1ccc2c(c1)CCCC(=O)N2)C1CCCOC1. The average Bonchev–Trinajstić information content (AvgIpc) is 2.67. The van der Waals surface area contributed by atoms with Gasteiger partial charge in [-0.2, -0.15) is 0 Å². The summed E-state index contributed by atoms with van der Waals surface area (Å²) in [6, 6.07) is 6.24. The van der Waals surface area contributed by atoms with Crippen molar-refractivity contribution in [3.05, 3.63) is 29.3 Å². The van der Waals surface area contributed by atoms with Crippen molar-refractivity contribution in [1.82, 2.24) is 0 Å². The van der Waals surface area contributed by atoms with Gasteiger partial charge in [-0.25, -0.2) is 0 Å². The molecule has 20 heavy (non-hydrogen) atoms. The van der Waals surface area contributed by atoms with Gasteiger partial charge in [-0.05, 0) is 42.9 Å². The molecule has 0 bridgehead atoms. The fourth-order valence-electron chi connectivity index (χ4n) is 3.12. The van der Waals surface area contributed by atoms with Crippen LogP contribution < -0.4 is 11.1 Å². The van der Waals surface area contributed by atoms with Gasteiger partial charge in [-0.1, -0.05) is 12.1 Å². The molecule has 3 rings (SSSR count). The van der Waals surface area contributed by atoms with Crippen molar-refractivity contribution >= 4 is 11.6 Å². The molecule has 0 spiro atoms. The first kappa shape index (κ1) is 13.6. The number of carbonyl (C=O) groups excluding carboxylic acids is 1. The number of ether oxygens (including phenoxy) is 1. The van der Waals surface area contributed by atoms with Crippen LogP contribution in [-0.4, -0.2) is 19.1 Å². The number of nitrogens with two attached hydrogens (primary N) is 1. The maximum atomic E-state index is 11.6. The van der Waals surface area contributed by atoms with Crippen LogP contribution in [-0.2, 0) is 16.0 Å². The van der Waals surface area contributed by atoms with Crippen LogP contribution >= 0.6 is 0 Å². The summed E-state index contributed by atoms with van der Waals surface area (Å²) in [6.45, 7) is 1.62. The van der Waals surface area contributed by atoms with Crippen molar-refractivity contribution in [2.45, 2.75) is 38.1 Å². The highest BCUT2D eigenvalue weighted by molar-refractivity contribution is 5.92. The molecule has 0 aliphatic carbocycles. The summed E-state index contributed by atoms with van der Waals surface area (Å²) in [5.74, 6) is 0.517. The molecule has 2 heterocycles. The predicted molar refractivity (Wildman–Crippen MR) is 78.5 cm³/mol. The van der Waals surface area contributed by atoms with Crippen LogP contribution in [0, 0.1) is 5.92 Å². The fraction of sp³-hybridized carbons (Fsp3) is 0.562. The van der Waals surface area contributed by atoms with Crippen molar-refractivity contribution in [3.8, 4) is 0 Å². The number of rotatable bonds is 2. The summed E-state index contributed by atoms with van der Waals surface area (Å²) in [5.41, 5.74) is 9.72. The van der Waals surface area contributed by atoms with E-state index in [1.165, 1.54) is 5.56 Å². The van der Waals surface area contributed by atoms with Crippen molar-refractivity contribution in [3.63, 3.8) is 0 Å². The highest BCUT2D eigenvalue weighted by Gasteiger charge is 2.23. The minimum absolute atomic E-state index is 0.0274. The van der Waals surface area contributed by atoms with Gasteiger partial charge in [-0.3, -0.25) is 4.79 Å². The number of carbonyl (C=O) groups is 1. The first-order valence-corrected chi connectivity index (χ1v) is 7.50. The topological polar surface area (TPSA) is 64.4 Å². The second-order valence-electron chi connectivity index (χ2n) is 5.82. The van der Waals surface area contributed by atoms with Gasteiger partial charge < -0.3 is 15.8 Å². The number of nitrogens with one attached hydrogen (secondary N) is 1. The third-order valence-corrected chi connectivity index (χ3v) is 4.34. The molecule has 4 nitrogen and oxygen atoms in total. The van der Waals surface area contributed by atoms with Crippen molar-refractivity contribution in [1.29, 1.82) is 0 Å². The number of benzene rings is 1. The van der Waals surface area contributed by atoms with Gasteiger partial charge in [-0.15, -0.1) is 0 Å². The van der Waals surface area contributed by atoms with Gasteiger partial charge in [0.2, 0.25) is 5.91 Å². The van der Waals surface area contributed by atoms with Crippen LogP contribution in [0.3, 0.4) is 0 Å². The molecule has 0 saturated carbocycles. The third kappa shape index (κ3) is 2.86. The fourth-order valence-corrected chi connectivity index (χ4v) is 3.12. The Morgan fingerprint density at radius 2 is 2.20 bits per heavy atom. The smallest absolute Gasteiger partial charge is 0.224 e. The molecule has 2 aliphatic rings. The molecule has 3 N–H and O–H groups in total. The summed E-state index contributed by atoms with van der Waals surface area (Å²) >= 11 is 0. The van der Waals surface area contributed by atoms with E-state index < -0.39 is 0 Å². The number of aryl methyl sites for hydroxylation is 1. The number of fused-ring (bicyclic) bond motifs is 1. The van der Waals surface area contributed by atoms with Gasteiger partial charge in [0.05, 0.1) is 6.61 Å². The zero-order valence-electron chi connectivity index (χ0n) is 11.7. The van der Waals surface area contributed by atoms with Crippen LogP contribution in [0.2, 0.25) is 0 Å². The van der Waals surface area contributed by atoms with Crippen LogP contribution in [0.4, 0.5) is 5.69 Å². The van der Waals surface area contributed by atoms with E-state index in [9.17, 15) is 4.79 Å². The van der Waals surface area contributed by atoms with E-state index in [0.29, 0.717) is 12.3 Å². The zero-order chi connectivity index (χ0) is 13.9. The number of amides is 1. The molecule has 1 aromatic carbocycles. The van der Waals surface area contributed by atoms with E-state index in [1.54, 1.807) is 0 Å². The first-order chi connectivity index (χ1) is 9.74. The van der Waals surface area contributed by atoms with E-state index in [0.717, 1.165) is 50.1 Å². The van der Waals surface area contributed by atoms with Crippen LogP contribution in [0.5, 0.6) is 0 Å². The van der Waals surface area contributed by atoms with Crippen molar-refractivity contribution < 1.29 is 9.53 Å². The molecule has 1 fully saturated rings. The minimum atomic E-state index is 0.0274. The summed E-state index contributed by atoms with van der Waals surface area (Å²) < 4.78 is 5.53. The molecule has 4 heteroatoms. The van der Waals surface area contributed by atoms with Crippen molar-refractivity contribution in [2.75, 3.05) is 18.5 Å². The van der Waals surface area contributed by atoms with Gasteiger partial charge in [0.25, 0.3) is 0 Å². The molecule has 2 unspecified atom stereocenters. The van der Waals surface area contributed by atoms with Crippen molar-refractivity contribution in [2.24, 2.45) is 11.7 Å². The normalized spacial score (nSPS) is 24.4. The second kappa shape index (κ2) is 5.94.